The fourth-order valence-electron chi connectivity index (χ4n) is 1.47. The highest BCUT2D eigenvalue weighted by Crippen LogP contribution is 2.29. The molecule has 0 radical (unpaired) electrons. The van der Waals surface area contributed by atoms with Gasteiger partial charge in [0.2, 0.25) is 0 Å². The van der Waals surface area contributed by atoms with E-state index in [-0.39, 0.29) is 17.3 Å². The second kappa shape index (κ2) is 4.10. The van der Waals surface area contributed by atoms with Crippen molar-refractivity contribution in [1.29, 1.82) is 0 Å². The summed E-state index contributed by atoms with van der Waals surface area (Å²) in [5.74, 6) is -0.226. The van der Waals surface area contributed by atoms with Crippen LogP contribution in [0.2, 0.25) is 0 Å². The number of hydrogen-bond acceptors (Lipinski definition) is 4. The molecule has 1 aliphatic heterocycles. The zero-order chi connectivity index (χ0) is 10.8. The van der Waals surface area contributed by atoms with Gasteiger partial charge in [-0.15, -0.1) is 0 Å². The summed E-state index contributed by atoms with van der Waals surface area (Å²) in [6.07, 6.45) is 2.04. The highest BCUT2D eigenvalue weighted by molar-refractivity contribution is 8.00. The summed E-state index contributed by atoms with van der Waals surface area (Å²) in [5.41, 5.74) is 0. The van der Waals surface area contributed by atoms with E-state index in [2.05, 4.69) is 0 Å². The van der Waals surface area contributed by atoms with E-state index in [1.807, 2.05) is 6.92 Å². The highest BCUT2D eigenvalue weighted by atomic mass is 32.2. The molecule has 4 nitrogen and oxygen atoms in total. The number of cyclic esters (lactones) is 1. The van der Waals surface area contributed by atoms with E-state index >= 15 is 0 Å². The lowest BCUT2D eigenvalue weighted by Gasteiger charge is -2.05. The molecule has 0 amide bonds. The maximum atomic E-state index is 11.3. The minimum Gasteiger partial charge on any atom is -0.618 e. The van der Waals surface area contributed by atoms with Gasteiger partial charge in [0.1, 0.15) is 11.4 Å². The first-order valence-electron chi connectivity index (χ1n) is 4.72. The molecule has 2 rings (SSSR count). The van der Waals surface area contributed by atoms with Gasteiger partial charge in [-0.1, -0.05) is 0 Å². The van der Waals surface area contributed by atoms with Gasteiger partial charge < -0.3 is 9.94 Å². The summed E-state index contributed by atoms with van der Waals surface area (Å²) in [6, 6.07) is 5.14. The lowest BCUT2D eigenvalue weighted by atomic mass is 10.3. The molecular weight excluding hydrogens is 214 g/mol. The van der Waals surface area contributed by atoms with Crippen molar-refractivity contribution in [3.63, 3.8) is 0 Å². The molecule has 0 N–H and O–H groups in total. The molecule has 2 heterocycles. The molecule has 2 atom stereocenters. The molecule has 1 aromatic heterocycles. The summed E-state index contributed by atoms with van der Waals surface area (Å²) >= 11 is 1.27. The van der Waals surface area contributed by atoms with Crippen LogP contribution in [0.25, 0.3) is 0 Å². The number of nitrogens with zero attached hydrogens (tertiary/aromatic N) is 1. The topological polar surface area (TPSA) is 53.2 Å². The van der Waals surface area contributed by atoms with Gasteiger partial charge in [0.25, 0.3) is 5.03 Å². The third-order valence-electron chi connectivity index (χ3n) is 2.18. The average Bonchev–Trinajstić information content (AvgIpc) is 2.49. The standard InChI is InChI=1S/C10H11NO3S/c1-7-6-8(10(12)14-7)15-9-4-2-3-5-11(9)13/h2-5,7-8H,6H2,1H3/t7-,8-/m0/s1. The second-order valence-corrected chi connectivity index (χ2v) is 4.68. The van der Waals surface area contributed by atoms with Gasteiger partial charge in [0.05, 0.1) is 0 Å². The highest BCUT2D eigenvalue weighted by Gasteiger charge is 2.34. The summed E-state index contributed by atoms with van der Waals surface area (Å²) in [6.45, 7) is 1.86. The summed E-state index contributed by atoms with van der Waals surface area (Å²) < 4.78 is 5.78. The van der Waals surface area contributed by atoms with E-state index in [0.717, 1.165) is 4.73 Å². The van der Waals surface area contributed by atoms with Crippen LogP contribution in [0.15, 0.2) is 29.4 Å². The molecule has 5 heteroatoms. The van der Waals surface area contributed by atoms with Crippen LogP contribution in [-0.2, 0) is 9.53 Å². The zero-order valence-corrected chi connectivity index (χ0v) is 9.07. The van der Waals surface area contributed by atoms with Crippen LogP contribution < -0.4 is 4.73 Å². The predicted molar refractivity (Wildman–Crippen MR) is 55.2 cm³/mol. The van der Waals surface area contributed by atoms with Crippen LogP contribution in [0.1, 0.15) is 13.3 Å². The van der Waals surface area contributed by atoms with Gasteiger partial charge in [-0.25, -0.2) is 0 Å². The Morgan fingerprint density at radius 2 is 2.40 bits per heavy atom. The minimum atomic E-state index is -0.248. The number of rotatable bonds is 2. The van der Waals surface area contributed by atoms with Crippen LogP contribution in [0.4, 0.5) is 0 Å². The number of thioether (sulfide) groups is 1. The Hall–Kier alpha value is -1.23. The molecular formula is C10H11NO3S. The second-order valence-electron chi connectivity index (χ2n) is 3.45. The third kappa shape index (κ3) is 2.23. The van der Waals surface area contributed by atoms with E-state index < -0.39 is 0 Å². The van der Waals surface area contributed by atoms with Crippen molar-refractivity contribution in [1.82, 2.24) is 0 Å². The van der Waals surface area contributed by atoms with Crippen molar-refractivity contribution in [3.05, 3.63) is 29.6 Å². The van der Waals surface area contributed by atoms with Crippen LogP contribution in [-0.4, -0.2) is 17.3 Å². The van der Waals surface area contributed by atoms with Crippen molar-refractivity contribution in [2.45, 2.75) is 29.7 Å². The molecule has 0 saturated carbocycles. The van der Waals surface area contributed by atoms with Crippen molar-refractivity contribution in [2.24, 2.45) is 0 Å². The van der Waals surface area contributed by atoms with Gasteiger partial charge in [0.15, 0.2) is 6.20 Å². The molecule has 15 heavy (non-hydrogen) atoms. The van der Waals surface area contributed by atoms with Crippen LogP contribution in [0.5, 0.6) is 0 Å². The first-order valence-corrected chi connectivity index (χ1v) is 5.60. The molecule has 0 aliphatic carbocycles. The Labute approximate surface area is 91.8 Å². The Kier molecular flexibility index (Phi) is 2.81. The quantitative estimate of drug-likeness (QED) is 0.430. The summed E-state index contributed by atoms with van der Waals surface area (Å²) in [7, 11) is 0. The van der Waals surface area contributed by atoms with E-state index in [4.69, 9.17) is 4.74 Å². The van der Waals surface area contributed by atoms with E-state index in [9.17, 15) is 10.0 Å². The van der Waals surface area contributed by atoms with Crippen LogP contribution in [0, 0.1) is 5.21 Å². The van der Waals surface area contributed by atoms with E-state index in [1.165, 1.54) is 18.0 Å². The largest absolute Gasteiger partial charge is 0.618 e. The van der Waals surface area contributed by atoms with Crippen molar-refractivity contribution in [3.8, 4) is 0 Å². The van der Waals surface area contributed by atoms with Gasteiger partial charge in [0, 0.05) is 18.6 Å². The predicted octanol–water partition coefficient (Wildman–Crippen LogP) is 1.12. The lowest BCUT2D eigenvalue weighted by Crippen LogP contribution is -2.29. The molecule has 1 fully saturated rings. The van der Waals surface area contributed by atoms with E-state index in [0.29, 0.717) is 11.4 Å². The molecule has 0 bridgehead atoms. The number of ether oxygens (including phenoxy) is 1. The Bertz CT molecular complexity index is 383. The molecule has 1 aromatic rings. The number of aromatic nitrogens is 1. The van der Waals surface area contributed by atoms with E-state index in [1.54, 1.807) is 18.2 Å². The zero-order valence-electron chi connectivity index (χ0n) is 8.25. The molecule has 0 unspecified atom stereocenters. The maximum Gasteiger partial charge on any atom is 0.320 e. The number of esters is 1. The minimum absolute atomic E-state index is 0.0428. The molecule has 1 aliphatic rings. The van der Waals surface area contributed by atoms with Crippen molar-refractivity contribution >= 4 is 17.7 Å². The lowest BCUT2D eigenvalue weighted by molar-refractivity contribution is -0.645. The monoisotopic (exact) mass is 225 g/mol. The summed E-state index contributed by atoms with van der Waals surface area (Å²) in [4.78, 5) is 11.3. The molecule has 80 valence electrons. The van der Waals surface area contributed by atoms with Gasteiger partial charge in [-0.05, 0) is 24.8 Å². The average molecular weight is 225 g/mol. The smallest absolute Gasteiger partial charge is 0.320 e. The molecule has 0 aromatic carbocycles. The Morgan fingerprint density at radius 1 is 1.60 bits per heavy atom. The number of carbonyl (C=O) groups excluding carboxylic acids is 1. The maximum absolute atomic E-state index is 11.3. The van der Waals surface area contributed by atoms with Gasteiger partial charge in [-0.2, -0.15) is 4.73 Å². The first kappa shape index (κ1) is 10.3. The van der Waals surface area contributed by atoms with Gasteiger partial charge >= 0.3 is 5.97 Å². The Balaban J connectivity index is 2.09. The third-order valence-corrected chi connectivity index (χ3v) is 3.40. The molecule has 1 saturated heterocycles. The molecule has 0 spiro atoms. The number of hydrogen-bond donors (Lipinski definition) is 0. The van der Waals surface area contributed by atoms with Gasteiger partial charge in [-0.3, -0.25) is 4.79 Å². The normalized spacial score (nSPS) is 25.3. The summed E-state index contributed by atoms with van der Waals surface area (Å²) in [5, 5.41) is 11.6. The number of pyridine rings is 1. The first-order chi connectivity index (χ1) is 7.16. The van der Waals surface area contributed by atoms with Crippen LogP contribution >= 0.6 is 11.8 Å². The fraction of sp³-hybridized carbons (Fsp3) is 0.400. The van der Waals surface area contributed by atoms with Crippen LogP contribution in [0.3, 0.4) is 0 Å². The Morgan fingerprint density at radius 3 is 3.00 bits per heavy atom. The SMILES string of the molecule is C[C@H]1C[C@H](Sc2cccc[n+]2[O-])C(=O)O1. The van der Waals surface area contributed by atoms with Crippen molar-refractivity contribution in [2.75, 3.05) is 0 Å². The number of carbonyl (C=O) groups is 1. The van der Waals surface area contributed by atoms with Crippen molar-refractivity contribution < 1.29 is 14.3 Å². The fourth-order valence-corrected chi connectivity index (χ4v) is 2.60.